The van der Waals surface area contributed by atoms with Crippen molar-refractivity contribution in [2.75, 3.05) is 5.43 Å². The van der Waals surface area contributed by atoms with Gasteiger partial charge in [-0.2, -0.15) is 5.10 Å². The predicted molar refractivity (Wildman–Crippen MR) is 92.7 cm³/mol. The molecule has 1 aliphatic rings. The zero-order valence-electron chi connectivity index (χ0n) is 12.7. The number of para-hydroxylation sites is 3. The minimum absolute atomic E-state index is 0.0360. The summed E-state index contributed by atoms with van der Waals surface area (Å²) >= 11 is 0. The minimum atomic E-state index is -0.0360. The van der Waals surface area contributed by atoms with E-state index in [9.17, 15) is 0 Å². The molecule has 1 aromatic heterocycles. The second-order valence-corrected chi connectivity index (χ2v) is 5.41. The smallest absolute Gasteiger partial charge is 0.222 e. The summed E-state index contributed by atoms with van der Waals surface area (Å²) in [5, 5.41) is 4.27. The van der Waals surface area contributed by atoms with Gasteiger partial charge in [0.15, 0.2) is 0 Å². The Morgan fingerprint density at radius 1 is 1.17 bits per heavy atom. The highest BCUT2D eigenvalue weighted by atomic mass is 16.5. The van der Waals surface area contributed by atoms with Gasteiger partial charge in [-0.1, -0.05) is 30.3 Å². The number of hydrazone groups is 1. The number of imidazole rings is 1. The topological polar surface area (TPSA) is 62.3 Å². The van der Waals surface area contributed by atoms with Crippen LogP contribution in [0.5, 0.6) is 5.75 Å². The molecule has 0 saturated carbocycles. The van der Waals surface area contributed by atoms with E-state index in [-0.39, 0.29) is 6.10 Å². The second kappa shape index (κ2) is 5.61. The maximum absolute atomic E-state index is 5.88. The summed E-state index contributed by atoms with van der Waals surface area (Å²) in [6.45, 7) is 2.01. The number of nitrogens with one attached hydrogen (secondary N) is 2. The van der Waals surface area contributed by atoms with E-state index >= 15 is 0 Å². The highest BCUT2D eigenvalue weighted by molar-refractivity contribution is 5.89. The van der Waals surface area contributed by atoms with Crippen molar-refractivity contribution in [3.63, 3.8) is 0 Å². The maximum atomic E-state index is 5.88. The fourth-order valence-corrected chi connectivity index (χ4v) is 2.58. The van der Waals surface area contributed by atoms with Gasteiger partial charge in [0.2, 0.25) is 5.95 Å². The summed E-state index contributed by atoms with van der Waals surface area (Å²) in [6.07, 6.45) is 3.83. The lowest BCUT2D eigenvalue weighted by Crippen LogP contribution is -2.19. The Balaban J connectivity index is 1.53. The third kappa shape index (κ3) is 2.68. The molecule has 1 atom stereocenters. The monoisotopic (exact) mass is 304 g/mol. The van der Waals surface area contributed by atoms with Crippen LogP contribution in [0.15, 0.2) is 59.2 Å². The van der Waals surface area contributed by atoms with Crippen LogP contribution in [0.3, 0.4) is 0 Å². The Kier molecular flexibility index (Phi) is 3.31. The van der Waals surface area contributed by atoms with Crippen LogP contribution in [0.4, 0.5) is 5.95 Å². The Hall–Kier alpha value is -3.08. The number of anilines is 1. The number of hydrogen-bond acceptors (Lipinski definition) is 4. The number of rotatable bonds is 3. The van der Waals surface area contributed by atoms with Gasteiger partial charge in [0.05, 0.1) is 17.2 Å². The van der Waals surface area contributed by atoms with Gasteiger partial charge in [-0.25, -0.2) is 10.4 Å². The molecule has 0 spiro atoms. The number of hydrogen-bond donors (Lipinski definition) is 2. The van der Waals surface area contributed by atoms with E-state index in [4.69, 9.17) is 4.74 Å². The average molecular weight is 304 g/mol. The van der Waals surface area contributed by atoms with Crippen molar-refractivity contribution >= 4 is 29.3 Å². The number of aromatic nitrogens is 2. The number of fused-ring (bicyclic) bond motifs is 2. The normalized spacial score (nSPS) is 16.9. The summed E-state index contributed by atoms with van der Waals surface area (Å²) in [5.74, 6) is 1.52. The van der Waals surface area contributed by atoms with Gasteiger partial charge in [0.1, 0.15) is 11.9 Å². The van der Waals surface area contributed by atoms with Crippen LogP contribution in [-0.4, -0.2) is 22.3 Å². The average Bonchev–Trinajstić information content (AvgIpc) is 2.98. The molecule has 0 amide bonds. The Morgan fingerprint density at radius 3 is 2.91 bits per heavy atom. The van der Waals surface area contributed by atoms with Crippen LogP contribution in [-0.2, 0) is 0 Å². The van der Waals surface area contributed by atoms with Gasteiger partial charge >= 0.3 is 0 Å². The first-order chi connectivity index (χ1) is 11.3. The molecule has 3 aromatic rings. The molecule has 5 nitrogen and oxygen atoms in total. The molecule has 0 bridgehead atoms. The first-order valence-corrected chi connectivity index (χ1v) is 7.51. The summed E-state index contributed by atoms with van der Waals surface area (Å²) in [5.41, 5.74) is 6.89. The molecule has 0 aliphatic carbocycles. The number of nitrogens with zero attached hydrogens (tertiary/aromatic N) is 2. The summed E-state index contributed by atoms with van der Waals surface area (Å²) in [6, 6.07) is 15.8. The van der Waals surface area contributed by atoms with E-state index in [1.54, 1.807) is 6.21 Å². The SMILES string of the molecule is CC1Oc2ccccc2C=C1C=NNc1nc2ccccc2[nH]1. The van der Waals surface area contributed by atoms with E-state index in [1.807, 2.05) is 55.5 Å². The largest absolute Gasteiger partial charge is 0.485 e. The van der Waals surface area contributed by atoms with Crippen molar-refractivity contribution in [1.29, 1.82) is 0 Å². The molecular weight excluding hydrogens is 288 g/mol. The van der Waals surface area contributed by atoms with Crippen LogP contribution >= 0.6 is 0 Å². The second-order valence-electron chi connectivity index (χ2n) is 5.41. The van der Waals surface area contributed by atoms with Crippen molar-refractivity contribution in [1.82, 2.24) is 9.97 Å². The molecule has 0 radical (unpaired) electrons. The van der Waals surface area contributed by atoms with Crippen LogP contribution in [0, 0.1) is 0 Å². The minimum Gasteiger partial charge on any atom is -0.485 e. The van der Waals surface area contributed by atoms with E-state index in [2.05, 4.69) is 26.6 Å². The highest BCUT2D eigenvalue weighted by Crippen LogP contribution is 2.28. The molecule has 114 valence electrons. The number of benzene rings is 2. The zero-order chi connectivity index (χ0) is 15.6. The van der Waals surface area contributed by atoms with Gasteiger partial charge in [0, 0.05) is 11.1 Å². The first kappa shape index (κ1) is 13.6. The molecule has 0 saturated heterocycles. The first-order valence-electron chi connectivity index (χ1n) is 7.51. The van der Waals surface area contributed by atoms with Gasteiger partial charge in [-0.05, 0) is 31.2 Å². The zero-order valence-corrected chi connectivity index (χ0v) is 12.7. The third-order valence-electron chi connectivity index (χ3n) is 3.79. The number of aromatic amines is 1. The Bertz CT molecular complexity index is 877. The molecular formula is C18H16N4O. The predicted octanol–water partition coefficient (Wildman–Crippen LogP) is 3.83. The lowest BCUT2D eigenvalue weighted by Gasteiger charge is -2.22. The van der Waals surface area contributed by atoms with Crippen molar-refractivity contribution in [3.05, 3.63) is 59.7 Å². The Morgan fingerprint density at radius 2 is 2.00 bits per heavy atom. The molecule has 2 heterocycles. The fourth-order valence-electron chi connectivity index (χ4n) is 2.58. The van der Waals surface area contributed by atoms with Crippen molar-refractivity contribution in [2.45, 2.75) is 13.0 Å². The lowest BCUT2D eigenvalue weighted by atomic mass is 10.0. The molecule has 1 aliphatic heterocycles. The molecule has 1 unspecified atom stereocenters. The highest BCUT2D eigenvalue weighted by Gasteiger charge is 2.16. The molecule has 4 rings (SSSR count). The van der Waals surface area contributed by atoms with Gasteiger partial charge < -0.3 is 9.72 Å². The Labute approximate surface area is 133 Å². The molecule has 0 fully saturated rings. The van der Waals surface area contributed by atoms with E-state index in [1.165, 1.54) is 0 Å². The van der Waals surface area contributed by atoms with Gasteiger partial charge in [-0.15, -0.1) is 0 Å². The van der Waals surface area contributed by atoms with Gasteiger partial charge in [0.25, 0.3) is 0 Å². The standard InChI is InChI=1S/C18H16N4O/c1-12-14(10-13-6-2-5-9-17(13)23-12)11-19-22-18-20-15-7-3-4-8-16(15)21-18/h2-12H,1H3,(H2,20,21,22). The van der Waals surface area contributed by atoms with Crippen LogP contribution in [0.1, 0.15) is 12.5 Å². The van der Waals surface area contributed by atoms with Gasteiger partial charge in [-0.3, -0.25) is 0 Å². The number of H-pyrrole nitrogens is 1. The molecule has 23 heavy (non-hydrogen) atoms. The van der Waals surface area contributed by atoms with Crippen molar-refractivity contribution < 1.29 is 4.74 Å². The maximum Gasteiger partial charge on any atom is 0.222 e. The summed E-state index contributed by atoms with van der Waals surface area (Å²) < 4.78 is 5.88. The van der Waals surface area contributed by atoms with E-state index in [0.717, 1.165) is 27.9 Å². The van der Waals surface area contributed by atoms with E-state index in [0.29, 0.717) is 5.95 Å². The molecule has 2 aromatic carbocycles. The lowest BCUT2D eigenvalue weighted by molar-refractivity contribution is 0.260. The quantitative estimate of drug-likeness (QED) is 0.571. The van der Waals surface area contributed by atoms with Crippen LogP contribution in [0.25, 0.3) is 17.1 Å². The number of ether oxygens (including phenoxy) is 1. The molecule has 5 heteroatoms. The van der Waals surface area contributed by atoms with Crippen LogP contribution in [0.2, 0.25) is 0 Å². The third-order valence-corrected chi connectivity index (χ3v) is 3.79. The van der Waals surface area contributed by atoms with Crippen LogP contribution < -0.4 is 10.2 Å². The van der Waals surface area contributed by atoms with Crippen molar-refractivity contribution in [3.8, 4) is 5.75 Å². The fraction of sp³-hybridized carbons (Fsp3) is 0.111. The molecule has 2 N–H and O–H groups in total. The summed E-state index contributed by atoms with van der Waals surface area (Å²) in [4.78, 5) is 7.59. The summed E-state index contributed by atoms with van der Waals surface area (Å²) in [7, 11) is 0. The van der Waals surface area contributed by atoms with Crippen molar-refractivity contribution in [2.24, 2.45) is 5.10 Å². The van der Waals surface area contributed by atoms with E-state index < -0.39 is 0 Å².